The maximum atomic E-state index is 12.4. The minimum Gasteiger partial charge on any atom is -0.332 e. The molecule has 0 unspecified atom stereocenters. The summed E-state index contributed by atoms with van der Waals surface area (Å²) in [5.74, 6) is -0.809. The Morgan fingerprint density at radius 1 is 1.21 bits per heavy atom. The van der Waals surface area contributed by atoms with Gasteiger partial charge in [-0.3, -0.25) is 4.79 Å². The maximum absolute atomic E-state index is 12.4. The van der Waals surface area contributed by atoms with Crippen LogP contribution in [0.5, 0.6) is 0 Å². The van der Waals surface area contributed by atoms with Crippen LogP contribution < -0.4 is 0 Å². The first-order valence-electron chi connectivity index (χ1n) is 6.38. The fourth-order valence-corrected chi connectivity index (χ4v) is 2.26. The van der Waals surface area contributed by atoms with Crippen LogP contribution >= 0.6 is 0 Å². The molecular weight excluding hydrogens is 242 g/mol. The van der Waals surface area contributed by atoms with E-state index in [0.717, 1.165) is 10.6 Å². The summed E-state index contributed by atoms with van der Waals surface area (Å²) in [7, 11) is 0. The molecule has 1 aliphatic heterocycles. The van der Waals surface area contributed by atoms with Crippen molar-refractivity contribution in [3.8, 4) is 0 Å². The Kier molecular flexibility index (Phi) is 3.42. The van der Waals surface area contributed by atoms with E-state index >= 15 is 0 Å². The van der Waals surface area contributed by atoms with Crippen molar-refractivity contribution >= 4 is 17.6 Å². The minimum atomic E-state index is -1.06. The van der Waals surface area contributed by atoms with Crippen LogP contribution in [0.3, 0.4) is 0 Å². The van der Waals surface area contributed by atoms with Crippen molar-refractivity contribution in [2.75, 3.05) is 0 Å². The van der Waals surface area contributed by atoms with E-state index in [4.69, 9.17) is 4.84 Å². The monoisotopic (exact) mass is 259 g/mol. The van der Waals surface area contributed by atoms with Gasteiger partial charge in [0.05, 0.1) is 5.70 Å². The van der Waals surface area contributed by atoms with Crippen molar-refractivity contribution in [1.29, 1.82) is 0 Å². The molecule has 0 atom stereocenters. The maximum Gasteiger partial charge on any atom is 0.348 e. The summed E-state index contributed by atoms with van der Waals surface area (Å²) in [5, 5.41) is 1.03. The number of carbonyl (C=O) groups excluding carboxylic acids is 2. The normalized spacial score (nSPS) is 17.5. The second-order valence-electron chi connectivity index (χ2n) is 4.58. The summed E-state index contributed by atoms with van der Waals surface area (Å²) >= 11 is 0. The van der Waals surface area contributed by atoms with E-state index in [1.807, 2.05) is 44.2 Å². The number of hydrogen-bond donors (Lipinski definition) is 0. The van der Waals surface area contributed by atoms with Gasteiger partial charge >= 0.3 is 5.97 Å². The molecule has 1 aromatic carbocycles. The van der Waals surface area contributed by atoms with Gasteiger partial charge in [-0.15, -0.1) is 5.06 Å². The molecule has 1 heterocycles. The lowest BCUT2D eigenvalue weighted by Crippen LogP contribution is -2.35. The first kappa shape index (κ1) is 13.3. The van der Waals surface area contributed by atoms with E-state index in [1.165, 1.54) is 0 Å². The zero-order valence-electron chi connectivity index (χ0n) is 11.2. The standard InChI is InChI=1S/C15H17NO3/c1-4-15(5-2)13(17)16(19-14(15)18)11(3)12-9-7-6-8-10-12/h6-10H,3-5H2,1-2H3. The number of nitrogens with zero attached hydrogens (tertiary/aromatic N) is 1. The molecule has 19 heavy (non-hydrogen) atoms. The van der Waals surface area contributed by atoms with Crippen LogP contribution in [0.2, 0.25) is 0 Å². The molecular formula is C15H17NO3. The average molecular weight is 259 g/mol. The van der Waals surface area contributed by atoms with E-state index in [9.17, 15) is 9.59 Å². The first-order chi connectivity index (χ1) is 9.06. The highest BCUT2D eigenvalue weighted by molar-refractivity contribution is 6.09. The Labute approximate surface area is 112 Å². The van der Waals surface area contributed by atoms with E-state index in [0.29, 0.717) is 18.5 Å². The summed E-state index contributed by atoms with van der Waals surface area (Å²) in [5.41, 5.74) is 0.0898. The summed E-state index contributed by atoms with van der Waals surface area (Å²) in [4.78, 5) is 29.6. The van der Waals surface area contributed by atoms with Gasteiger partial charge in [0.25, 0.3) is 5.91 Å². The second-order valence-corrected chi connectivity index (χ2v) is 4.58. The smallest absolute Gasteiger partial charge is 0.332 e. The van der Waals surface area contributed by atoms with Crippen molar-refractivity contribution in [2.45, 2.75) is 26.7 Å². The summed E-state index contributed by atoms with van der Waals surface area (Å²) < 4.78 is 0. The molecule has 1 amide bonds. The van der Waals surface area contributed by atoms with Gasteiger partial charge in [0, 0.05) is 5.56 Å². The molecule has 4 heteroatoms. The molecule has 1 aromatic rings. The number of carbonyl (C=O) groups is 2. The lowest BCUT2D eigenvalue weighted by Gasteiger charge is -2.19. The van der Waals surface area contributed by atoms with Crippen LogP contribution in [-0.2, 0) is 14.4 Å². The third-order valence-electron chi connectivity index (χ3n) is 3.72. The molecule has 0 aromatic heterocycles. The molecule has 0 saturated carbocycles. The molecule has 0 aliphatic carbocycles. The number of benzene rings is 1. The Hall–Kier alpha value is -2.10. The highest BCUT2D eigenvalue weighted by Crippen LogP contribution is 2.39. The first-order valence-corrected chi connectivity index (χ1v) is 6.38. The zero-order valence-corrected chi connectivity index (χ0v) is 11.2. The van der Waals surface area contributed by atoms with Crippen LogP contribution in [0.25, 0.3) is 5.70 Å². The predicted octanol–water partition coefficient (Wildman–Crippen LogP) is 2.76. The molecule has 0 radical (unpaired) electrons. The van der Waals surface area contributed by atoms with E-state index in [1.54, 1.807) is 0 Å². The molecule has 1 aliphatic rings. The van der Waals surface area contributed by atoms with Gasteiger partial charge in [0.15, 0.2) is 5.41 Å². The molecule has 100 valence electrons. The van der Waals surface area contributed by atoms with Gasteiger partial charge in [-0.2, -0.15) is 0 Å². The van der Waals surface area contributed by atoms with Crippen LogP contribution in [0.1, 0.15) is 32.3 Å². The number of amides is 1. The van der Waals surface area contributed by atoms with Crippen LogP contribution in [-0.4, -0.2) is 16.9 Å². The van der Waals surface area contributed by atoms with Crippen molar-refractivity contribution < 1.29 is 14.4 Å². The highest BCUT2D eigenvalue weighted by atomic mass is 16.7. The fraction of sp³-hybridized carbons (Fsp3) is 0.333. The topological polar surface area (TPSA) is 46.6 Å². The average Bonchev–Trinajstić information content (AvgIpc) is 2.71. The molecule has 4 nitrogen and oxygen atoms in total. The van der Waals surface area contributed by atoms with Gasteiger partial charge in [0.2, 0.25) is 0 Å². The molecule has 2 rings (SSSR count). The molecule has 0 spiro atoms. The molecule has 0 N–H and O–H groups in total. The Balaban J connectivity index is 2.32. The highest BCUT2D eigenvalue weighted by Gasteiger charge is 2.55. The van der Waals surface area contributed by atoms with Crippen molar-refractivity contribution in [1.82, 2.24) is 5.06 Å². The minimum absolute atomic E-state index is 0.323. The molecule has 0 bridgehead atoms. The van der Waals surface area contributed by atoms with E-state index < -0.39 is 11.4 Å². The van der Waals surface area contributed by atoms with Gasteiger partial charge in [-0.25, -0.2) is 4.79 Å². The molecule has 1 fully saturated rings. The van der Waals surface area contributed by atoms with Crippen LogP contribution in [0.4, 0.5) is 0 Å². The third-order valence-corrected chi connectivity index (χ3v) is 3.72. The van der Waals surface area contributed by atoms with Gasteiger partial charge < -0.3 is 4.84 Å². The zero-order chi connectivity index (χ0) is 14.0. The van der Waals surface area contributed by atoms with E-state index in [-0.39, 0.29) is 5.91 Å². The largest absolute Gasteiger partial charge is 0.348 e. The lowest BCUT2D eigenvalue weighted by molar-refractivity contribution is -0.166. The van der Waals surface area contributed by atoms with Crippen LogP contribution in [0.15, 0.2) is 36.9 Å². The van der Waals surface area contributed by atoms with Gasteiger partial charge in [-0.05, 0) is 12.8 Å². The fourth-order valence-electron chi connectivity index (χ4n) is 2.26. The van der Waals surface area contributed by atoms with E-state index in [2.05, 4.69) is 6.58 Å². The Morgan fingerprint density at radius 2 is 1.79 bits per heavy atom. The van der Waals surface area contributed by atoms with Crippen molar-refractivity contribution in [2.24, 2.45) is 5.41 Å². The summed E-state index contributed by atoms with van der Waals surface area (Å²) in [6.07, 6.45) is 0.861. The Bertz CT molecular complexity index is 517. The number of rotatable bonds is 4. The second kappa shape index (κ2) is 4.88. The predicted molar refractivity (Wildman–Crippen MR) is 71.4 cm³/mol. The lowest BCUT2D eigenvalue weighted by atomic mass is 9.82. The summed E-state index contributed by atoms with van der Waals surface area (Å²) in [6.45, 7) is 7.49. The van der Waals surface area contributed by atoms with Crippen molar-refractivity contribution in [3.63, 3.8) is 0 Å². The Morgan fingerprint density at radius 3 is 2.26 bits per heavy atom. The molecule has 1 saturated heterocycles. The summed E-state index contributed by atoms with van der Waals surface area (Å²) in [6, 6.07) is 9.20. The van der Waals surface area contributed by atoms with Crippen molar-refractivity contribution in [3.05, 3.63) is 42.5 Å². The number of hydroxylamine groups is 2. The van der Waals surface area contributed by atoms with Gasteiger partial charge in [0.1, 0.15) is 0 Å². The quantitative estimate of drug-likeness (QED) is 0.781. The third kappa shape index (κ3) is 1.93. The SMILES string of the molecule is C=C(c1ccccc1)N1OC(=O)C(CC)(CC)C1=O. The van der Waals surface area contributed by atoms with Crippen LogP contribution in [0, 0.1) is 5.41 Å². The van der Waals surface area contributed by atoms with Gasteiger partial charge in [-0.1, -0.05) is 50.8 Å². The number of hydrogen-bond acceptors (Lipinski definition) is 3.